The molecule has 0 spiro atoms. The molecule has 0 N–H and O–H groups in total. The fraction of sp³-hybridized carbons (Fsp3) is 0.167. The van der Waals surface area contributed by atoms with E-state index in [1.807, 2.05) is 19.9 Å². The Morgan fingerprint density at radius 2 is 1.88 bits per heavy atom. The molecule has 0 saturated carbocycles. The van der Waals surface area contributed by atoms with E-state index >= 15 is 0 Å². The number of halogens is 1. The topological polar surface area (TPSA) is 60.7 Å². The first-order valence-electron chi connectivity index (χ1n) is 7.35. The first-order chi connectivity index (χ1) is 11.4. The van der Waals surface area contributed by atoms with Gasteiger partial charge in [-0.05, 0) is 54.0 Å². The van der Waals surface area contributed by atoms with Crippen molar-refractivity contribution in [3.05, 3.63) is 79.8 Å². The number of ether oxygens (including phenoxy) is 1. The molecule has 3 aromatic rings. The summed E-state index contributed by atoms with van der Waals surface area (Å²) in [6.07, 6.45) is 1.65. The second-order valence-electron chi connectivity index (χ2n) is 5.61. The molecule has 0 atom stereocenters. The molecule has 0 bridgehead atoms. The molecule has 0 amide bonds. The highest BCUT2D eigenvalue weighted by molar-refractivity contribution is 9.10. The van der Waals surface area contributed by atoms with E-state index in [9.17, 15) is 9.59 Å². The summed E-state index contributed by atoms with van der Waals surface area (Å²) in [6, 6.07) is 10.4. The minimum absolute atomic E-state index is 0.0480. The van der Waals surface area contributed by atoms with Crippen LogP contribution in [0.3, 0.4) is 0 Å². The van der Waals surface area contributed by atoms with Gasteiger partial charge in [0.1, 0.15) is 12.3 Å². The van der Waals surface area contributed by atoms with Gasteiger partial charge in [0.15, 0.2) is 0 Å². The predicted molar refractivity (Wildman–Crippen MR) is 94.2 cm³/mol. The van der Waals surface area contributed by atoms with Crippen LogP contribution in [-0.4, -0.2) is 15.4 Å². The van der Waals surface area contributed by atoms with Gasteiger partial charge in [-0.2, -0.15) is 0 Å². The van der Waals surface area contributed by atoms with Gasteiger partial charge >= 0.3 is 5.97 Å². The number of hydrogen-bond donors (Lipinski definition) is 0. The third-order valence-electron chi connectivity index (χ3n) is 3.49. The summed E-state index contributed by atoms with van der Waals surface area (Å²) in [4.78, 5) is 28.6. The molecule has 0 fully saturated rings. The fourth-order valence-electron chi connectivity index (χ4n) is 2.52. The highest BCUT2D eigenvalue weighted by atomic mass is 79.9. The van der Waals surface area contributed by atoms with Crippen molar-refractivity contribution in [1.29, 1.82) is 0 Å². The molecule has 5 nitrogen and oxygen atoms in total. The first kappa shape index (κ1) is 16.4. The number of aryl methyl sites for hydroxylation is 2. The molecule has 3 rings (SSSR count). The lowest BCUT2D eigenvalue weighted by atomic mass is 10.1. The maximum absolute atomic E-state index is 12.2. The summed E-state index contributed by atoms with van der Waals surface area (Å²) in [5.41, 5.74) is 3.18. The van der Waals surface area contributed by atoms with E-state index < -0.39 is 5.97 Å². The van der Waals surface area contributed by atoms with Crippen molar-refractivity contribution in [2.45, 2.75) is 20.5 Å². The number of benzene rings is 1. The summed E-state index contributed by atoms with van der Waals surface area (Å²) in [7, 11) is 0. The van der Waals surface area contributed by atoms with Gasteiger partial charge in [0.2, 0.25) is 0 Å². The van der Waals surface area contributed by atoms with Gasteiger partial charge in [-0.25, -0.2) is 9.78 Å². The van der Waals surface area contributed by atoms with Crippen molar-refractivity contribution in [1.82, 2.24) is 9.38 Å². The Kier molecular flexibility index (Phi) is 4.49. The van der Waals surface area contributed by atoms with Gasteiger partial charge in [-0.3, -0.25) is 9.20 Å². The number of rotatable bonds is 3. The molecule has 0 aliphatic heterocycles. The second kappa shape index (κ2) is 6.57. The van der Waals surface area contributed by atoms with Crippen LogP contribution in [0.4, 0.5) is 0 Å². The van der Waals surface area contributed by atoms with Crippen molar-refractivity contribution in [3.63, 3.8) is 0 Å². The molecule has 24 heavy (non-hydrogen) atoms. The molecular weight excluding hydrogens is 372 g/mol. The summed E-state index contributed by atoms with van der Waals surface area (Å²) in [5, 5.41) is 0. The number of carbonyl (C=O) groups is 1. The summed E-state index contributed by atoms with van der Waals surface area (Å²) < 4.78 is 7.51. The Bertz CT molecular complexity index is 975. The molecule has 0 unspecified atom stereocenters. The molecule has 0 aliphatic rings. The number of carbonyl (C=O) groups excluding carboxylic acids is 1. The largest absolute Gasteiger partial charge is 0.456 e. The van der Waals surface area contributed by atoms with E-state index in [0.717, 1.165) is 15.6 Å². The number of nitrogens with zero attached hydrogens (tertiary/aromatic N) is 2. The van der Waals surface area contributed by atoms with Crippen LogP contribution in [0.5, 0.6) is 0 Å². The summed E-state index contributed by atoms with van der Waals surface area (Å²) >= 11 is 3.32. The zero-order chi connectivity index (χ0) is 17.3. The zero-order valence-corrected chi connectivity index (χ0v) is 14.8. The van der Waals surface area contributed by atoms with Crippen molar-refractivity contribution >= 4 is 27.5 Å². The molecule has 2 heterocycles. The van der Waals surface area contributed by atoms with Gasteiger partial charge in [0.25, 0.3) is 5.56 Å². The van der Waals surface area contributed by atoms with Crippen LogP contribution in [0.1, 0.15) is 27.2 Å². The number of pyridine rings is 1. The normalized spacial score (nSPS) is 10.8. The Morgan fingerprint density at radius 3 is 2.58 bits per heavy atom. The molecule has 0 saturated heterocycles. The van der Waals surface area contributed by atoms with E-state index in [2.05, 4.69) is 20.9 Å². The molecule has 1 aromatic carbocycles. The standard InChI is InChI=1S/C18H15BrN2O3/c1-11-5-12(2)7-13(6-11)18(23)24-10-15-8-17(22)21-9-14(19)3-4-16(21)20-15/h3-9H,10H2,1-2H3. The van der Waals surface area contributed by atoms with Gasteiger partial charge in [0.05, 0.1) is 11.3 Å². The highest BCUT2D eigenvalue weighted by Crippen LogP contribution is 2.12. The van der Waals surface area contributed by atoms with Crippen LogP contribution in [0, 0.1) is 13.8 Å². The maximum Gasteiger partial charge on any atom is 0.338 e. The number of aromatic nitrogens is 2. The fourth-order valence-corrected chi connectivity index (χ4v) is 2.85. The van der Waals surface area contributed by atoms with Gasteiger partial charge < -0.3 is 4.74 Å². The Hall–Kier alpha value is -2.47. The lowest BCUT2D eigenvalue weighted by Crippen LogP contribution is -2.16. The summed E-state index contributed by atoms with van der Waals surface area (Å²) in [5.74, 6) is -0.431. The van der Waals surface area contributed by atoms with E-state index in [0.29, 0.717) is 16.9 Å². The third-order valence-corrected chi connectivity index (χ3v) is 3.95. The van der Waals surface area contributed by atoms with Crippen LogP contribution in [0.2, 0.25) is 0 Å². The average Bonchev–Trinajstić information content (AvgIpc) is 2.52. The van der Waals surface area contributed by atoms with Crippen LogP contribution < -0.4 is 5.56 Å². The van der Waals surface area contributed by atoms with Gasteiger partial charge in [-0.15, -0.1) is 0 Å². The lowest BCUT2D eigenvalue weighted by Gasteiger charge is -2.07. The van der Waals surface area contributed by atoms with Crippen molar-refractivity contribution < 1.29 is 9.53 Å². The van der Waals surface area contributed by atoms with Crippen molar-refractivity contribution in [2.75, 3.05) is 0 Å². The molecule has 6 heteroatoms. The zero-order valence-electron chi connectivity index (χ0n) is 13.2. The van der Waals surface area contributed by atoms with E-state index in [1.165, 1.54) is 10.5 Å². The van der Waals surface area contributed by atoms with Gasteiger partial charge in [0, 0.05) is 16.7 Å². The predicted octanol–water partition coefficient (Wildman–Crippen LogP) is 3.43. The van der Waals surface area contributed by atoms with Crippen LogP contribution in [0.15, 0.2) is 51.9 Å². The molecule has 0 radical (unpaired) electrons. The first-order valence-corrected chi connectivity index (χ1v) is 8.15. The molecular formula is C18H15BrN2O3. The lowest BCUT2D eigenvalue weighted by molar-refractivity contribution is 0.0467. The van der Waals surface area contributed by atoms with E-state index in [-0.39, 0.29) is 12.2 Å². The van der Waals surface area contributed by atoms with E-state index in [1.54, 1.807) is 30.5 Å². The maximum atomic E-state index is 12.2. The van der Waals surface area contributed by atoms with Crippen LogP contribution in [-0.2, 0) is 11.3 Å². The number of hydrogen-bond acceptors (Lipinski definition) is 4. The SMILES string of the molecule is Cc1cc(C)cc(C(=O)OCc2cc(=O)n3cc(Br)ccc3n2)c1. The average molecular weight is 387 g/mol. The number of esters is 1. The second-order valence-corrected chi connectivity index (χ2v) is 6.53. The molecule has 0 aliphatic carbocycles. The minimum atomic E-state index is -0.431. The van der Waals surface area contributed by atoms with Crippen LogP contribution in [0.25, 0.3) is 5.65 Å². The minimum Gasteiger partial charge on any atom is -0.456 e. The van der Waals surface area contributed by atoms with E-state index in [4.69, 9.17) is 4.74 Å². The van der Waals surface area contributed by atoms with Crippen LogP contribution >= 0.6 is 15.9 Å². The van der Waals surface area contributed by atoms with Crippen molar-refractivity contribution in [3.8, 4) is 0 Å². The Labute approximate surface area is 147 Å². The van der Waals surface area contributed by atoms with Crippen molar-refractivity contribution in [2.24, 2.45) is 0 Å². The number of fused-ring (bicyclic) bond motifs is 1. The third kappa shape index (κ3) is 3.54. The summed E-state index contributed by atoms with van der Waals surface area (Å²) in [6.45, 7) is 3.80. The quantitative estimate of drug-likeness (QED) is 0.646. The smallest absolute Gasteiger partial charge is 0.338 e. The Morgan fingerprint density at radius 1 is 1.17 bits per heavy atom. The molecule has 122 valence electrons. The monoisotopic (exact) mass is 386 g/mol. The van der Waals surface area contributed by atoms with Gasteiger partial charge in [-0.1, -0.05) is 17.2 Å². The highest BCUT2D eigenvalue weighted by Gasteiger charge is 2.10. The molecule has 2 aromatic heterocycles. The Balaban J connectivity index is 1.81.